The van der Waals surface area contributed by atoms with Crippen LogP contribution >= 0.6 is 25.3 Å². The van der Waals surface area contributed by atoms with E-state index in [1.54, 1.807) is 0 Å². The average molecular weight is 376 g/mol. The molecule has 26 heavy (non-hydrogen) atoms. The summed E-state index contributed by atoms with van der Waals surface area (Å²) in [6.45, 7) is 0. The standard InChI is InChI=1S/C20H12N2O2S2/c25-13-4-6-17-15(9-13)21-19(23-17)11-2-1-3-12(8-11)20-22-16-10-14(26)5-7-18(16)24-20/h1-10,25-26H. The Morgan fingerprint density at radius 2 is 1.12 bits per heavy atom. The highest BCUT2D eigenvalue weighted by molar-refractivity contribution is 7.80. The van der Waals surface area contributed by atoms with Crippen molar-refractivity contribution in [1.82, 2.24) is 9.97 Å². The lowest BCUT2D eigenvalue weighted by Gasteiger charge is -1.98. The first-order valence-corrected chi connectivity index (χ1v) is 8.85. The molecule has 0 bridgehead atoms. The van der Waals surface area contributed by atoms with Crippen molar-refractivity contribution in [3.05, 3.63) is 60.7 Å². The third-order valence-corrected chi connectivity index (χ3v) is 4.66. The molecule has 0 aliphatic rings. The number of hydrogen-bond donors (Lipinski definition) is 2. The quantitative estimate of drug-likeness (QED) is 0.378. The third-order valence-electron chi connectivity index (χ3n) is 4.10. The van der Waals surface area contributed by atoms with Gasteiger partial charge in [0.15, 0.2) is 11.2 Å². The van der Waals surface area contributed by atoms with E-state index in [2.05, 4.69) is 35.2 Å². The molecule has 0 aliphatic carbocycles. The van der Waals surface area contributed by atoms with E-state index in [9.17, 15) is 0 Å². The fourth-order valence-electron chi connectivity index (χ4n) is 2.86. The van der Waals surface area contributed by atoms with Gasteiger partial charge in [-0.05, 0) is 54.6 Å². The van der Waals surface area contributed by atoms with Crippen LogP contribution in [0.2, 0.25) is 0 Å². The lowest BCUT2D eigenvalue weighted by Crippen LogP contribution is -1.81. The van der Waals surface area contributed by atoms with E-state index in [0.717, 1.165) is 43.1 Å². The molecule has 0 amide bonds. The second kappa shape index (κ2) is 5.93. The summed E-state index contributed by atoms with van der Waals surface area (Å²) in [5, 5.41) is 0. The number of thiol groups is 2. The van der Waals surface area contributed by atoms with Crippen LogP contribution in [-0.4, -0.2) is 9.97 Å². The molecular formula is C20H12N2O2S2. The Balaban J connectivity index is 1.60. The van der Waals surface area contributed by atoms with Crippen molar-refractivity contribution in [2.75, 3.05) is 0 Å². The van der Waals surface area contributed by atoms with E-state index < -0.39 is 0 Å². The van der Waals surface area contributed by atoms with Gasteiger partial charge in [-0.1, -0.05) is 6.07 Å². The molecule has 3 aromatic carbocycles. The Morgan fingerprint density at radius 1 is 0.615 bits per heavy atom. The smallest absolute Gasteiger partial charge is 0.227 e. The Bertz CT molecular complexity index is 1180. The summed E-state index contributed by atoms with van der Waals surface area (Å²) in [5.74, 6) is 1.10. The van der Waals surface area contributed by atoms with Crippen molar-refractivity contribution in [2.24, 2.45) is 0 Å². The summed E-state index contributed by atoms with van der Waals surface area (Å²) in [7, 11) is 0. The van der Waals surface area contributed by atoms with Crippen LogP contribution < -0.4 is 0 Å². The number of hydrogen-bond acceptors (Lipinski definition) is 6. The maximum absolute atomic E-state index is 5.87. The van der Waals surface area contributed by atoms with Crippen LogP contribution in [-0.2, 0) is 0 Å². The minimum Gasteiger partial charge on any atom is -0.436 e. The van der Waals surface area contributed by atoms with Gasteiger partial charge in [-0.3, -0.25) is 0 Å². The molecule has 0 atom stereocenters. The second-order valence-electron chi connectivity index (χ2n) is 5.92. The van der Waals surface area contributed by atoms with Gasteiger partial charge >= 0.3 is 0 Å². The van der Waals surface area contributed by atoms with Crippen molar-refractivity contribution in [3.8, 4) is 22.9 Å². The van der Waals surface area contributed by atoms with E-state index in [-0.39, 0.29) is 0 Å². The number of fused-ring (bicyclic) bond motifs is 2. The fraction of sp³-hybridized carbons (Fsp3) is 0. The summed E-state index contributed by atoms with van der Waals surface area (Å²) in [4.78, 5) is 10.8. The molecule has 126 valence electrons. The predicted molar refractivity (Wildman–Crippen MR) is 107 cm³/mol. The van der Waals surface area contributed by atoms with E-state index in [1.807, 2.05) is 60.7 Å². The number of benzene rings is 3. The summed E-state index contributed by atoms with van der Waals surface area (Å²) in [6, 6.07) is 19.0. The van der Waals surface area contributed by atoms with Gasteiger partial charge < -0.3 is 8.83 Å². The Labute approximate surface area is 159 Å². The van der Waals surface area contributed by atoms with Crippen molar-refractivity contribution in [2.45, 2.75) is 9.79 Å². The van der Waals surface area contributed by atoms with Crippen molar-refractivity contribution >= 4 is 47.5 Å². The summed E-state index contributed by atoms with van der Waals surface area (Å²) < 4.78 is 11.7. The topological polar surface area (TPSA) is 52.1 Å². The lowest BCUT2D eigenvalue weighted by atomic mass is 10.1. The Morgan fingerprint density at radius 3 is 1.62 bits per heavy atom. The van der Waals surface area contributed by atoms with Crippen LogP contribution in [0.25, 0.3) is 45.1 Å². The van der Waals surface area contributed by atoms with Crippen LogP contribution in [0.15, 0.2) is 79.3 Å². The van der Waals surface area contributed by atoms with Crippen LogP contribution in [0.4, 0.5) is 0 Å². The first-order chi connectivity index (χ1) is 12.7. The Hall–Kier alpha value is -2.70. The van der Waals surface area contributed by atoms with Gasteiger partial charge in [0, 0.05) is 20.9 Å². The molecule has 4 nitrogen and oxygen atoms in total. The molecule has 0 spiro atoms. The Kier molecular flexibility index (Phi) is 3.55. The molecule has 0 N–H and O–H groups in total. The van der Waals surface area contributed by atoms with E-state index in [1.165, 1.54) is 0 Å². The SMILES string of the molecule is Sc1ccc2oc(-c3cccc(-c4nc5cc(S)ccc5o4)c3)nc2c1. The highest BCUT2D eigenvalue weighted by Gasteiger charge is 2.13. The third kappa shape index (κ3) is 2.67. The van der Waals surface area contributed by atoms with Gasteiger partial charge in [0.05, 0.1) is 0 Å². The molecule has 0 saturated carbocycles. The van der Waals surface area contributed by atoms with Gasteiger partial charge in [0.25, 0.3) is 0 Å². The van der Waals surface area contributed by atoms with Gasteiger partial charge in [-0.25, -0.2) is 9.97 Å². The van der Waals surface area contributed by atoms with Crippen LogP contribution in [0.1, 0.15) is 0 Å². The zero-order valence-corrected chi connectivity index (χ0v) is 15.2. The van der Waals surface area contributed by atoms with Gasteiger partial charge in [0.1, 0.15) is 11.0 Å². The highest BCUT2D eigenvalue weighted by atomic mass is 32.1. The van der Waals surface area contributed by atoms with Crippen LogP contribution in [0.5, 0.6) is 0 Å². The van der Waals surface area contributed by atoms with E-state index in [0.29, 0.717) is 11.8 Å². The summed E-state index contributed by atoms with van der Waals surface area (Å²) in [5.41, 5.74) is 4.73. The zero-order chi connectivity index (χ0) is 17.7. The van der Waals surface area contributed by atoms with Gasteiger partial charge in [0.2, 0.25) is 11.8 Å². The monoisotopic (exact) mass is 376 g/mol. The molecule has 2 heterocycles. The highest BCUT2D eigenvalue weighted by Crippen LogP contribution is 2.30. The number of rotatable bonds is 2. The lowest BCUT2D eigenvalue weighted by molar-refractivity contribution is 0.617. The largest absolute Gasteiger partial charge is 0.436 e. The minimum atomic E-state index is 0.550. The molecule has 0 unspecified atom stereocenters. The van der Waals surface area contributed by atoms with Crippen molar-refractivity contribution in [3.63, 3.8) is 0 Å². The van der Waals surface area contributed by atoms with E-state index >= 15 is 0 Å². The number of oxazole rings is 2. The second-order valence-corrected chi connectivity index (χ2v) is 6.96. The molecule has 0 fully saturated rings. The number of aromatic nitrogens is 2. The average Bonchev–Trinajstić information content (AvgIpc) is 3.25. The summed E-state index contributed by atoms with van der Waals surface area (Å²) in [6.07, 6.45) is 0. The first-order valence-electron chi connectivity index (χ1n) is 7.96. The fourth-order valence-corrected chi connectivity index (χ4v) is 3.26. The van der Waals surface area contributed by atoms with Gasteiger partial charge in [-0.15, -0.1) is 25.3 Å². The molecule has 0 radical (unpaired) electrons. The maximum atomic E-state index is 5.87. The molecule has 5 aromatic rings. The molecule has 0 saturated heterocycles. The van der Waals surface area contributed by atoms with Crippen LogP contribution in [0, 0.1) is 0 Å². The normalized spacial score (nSPS) is 11.5. The number of nitrogens with zero attached hydrogens (tertiary/aromatic N) is 2. The predicted octanol–water partition coefficient (Wildman–Crippen LogP) is 5.88. The molecule has 6 heteroatoms. The summed E-state index contributed by atoms with van der Waals surface area (Å²) >= 11 is 8.69. The molecule has 2 aromatic heterocycles. The first kappa shape index (κ1) is 15.5. The molecule has 0 aliphatic heterocycles. The zero-order valence-electron chi connectivity index (χ0n) is 13.4. The van der Waals surface area contributed by atoms with Crippen molar-refractivity contribution in [1.29, 1.82) is 0 Å². The maximum Gasteiger partial charge on any atom is 0.227 e. The van der Waals surface area contributed by atoms with Gasteiger partial charge in [-0.2, -0.15) is 0 Å². The van der Waals surface area contributed by atoms with E-state index in [4.69, 9.17) is 8.83 Å². The molecular weight excluding hydrogens is 364 g/mol. The van der Waals surface area contributed by atoms with Crippen molar-refractivity contribution < 1.29 is 8.83 Å². The molecule has 5 rings (SSSR count). The van der Waals surface area contributed by atoms with Crippen LogP contribution in [0.3, 0.4) is 0 Å². The minimum absolute atomic E-state index is 0.550.